The van der Waals surface area contributed by atoms with Crippen molar-refractivity contribution < 1.29 is 23.5 Å². The van der Waals surface area contributed by atoms with Crippen molar-refractivity contribution >= 4 is 5.97 Å². The number of ether oxygens (including phenoxy) is 3. The molecule has 7 heteroatoms. The van der Waals surface area contributed by atoms with Gasteiger partial charge < -0.3 is 18.7 Å². The standard InChI is InChI=1S/C19H18N2O5/c1-12-4-9-16(24-3)15(10-12)19(22)25-11-17-20-18(21-26-17)13-5-7-14(23-2)8-6-13/h4-10H,11H2,1-3H3. The second-order valence-electron chi connectivity index (χ2n) is 5.52. The maximum absolute atomic E-state index is 12.3. The third kappa shape index (κ3) is 3.83. The van der Waals surface area contributed by atoms with E-state index in [1.54, 1.807) is 31.4 Å². The molecule has 0 aliphatic heterocycles. The molecule has 0 aliphatic rings. The molecule has 0 saturated heterocycles. The SMILES string of the molecule is COc1ccc(-c2noc(COC(=O)c3cc(C)ccc3OC)n2)cc1. The van der Waals surface area contributed by atoms with Crippen LogP contribution in [0.2, 0.25) is 0 Å². The number of aryl methyl sites for hydroxylation is 1. The molecule has 1 aromatic heterocycles. The Balaban J connectivity index is 1.68. The van der Waals surface area contributed by atoms with Crippen molar-refractivity contribution in [2.45, 2.75) is 13.5 Å². The van der Waals surface area contributed by atoms with E-state index in [1.807, 2.05) is 25.1 Å². The van der Waals surface area contributed by atoms with Crippen LogP contribution in [-0.4, -0.2) is 30.3 Å². The highest BCUT2D eigenvalue weighted by atomic mass is 16.6. The lowest BCUT2D eigenvalue weighted by Crippen LogP contribution is -2.07. The van der Waals surface area contributed by atoms with Gasteiger partial charge in [-0.3, -0.25) is 0 Å². The van der Waals surface area contributed by atoms with Gasteiger partial charge in [0.1, 0.15) is 17.1 Å². The second-order valence-corrected chi connectivity index (χ2v) is 5.52. The molecule has 0 bridgehead atoms. The summed E-state index contributed by atoms with van der Waals surface area (Å²) >= 11 is 0. The van der Waals surface area contributed by atoms with E-state index in [0.717, 1.165) is 16.9 Å². The maximum Gasteiger partial charge on any atom is 0.342 e. The first kappa shape index (κ1) is 17.5. The zero-order chi connectivity index (χ0) is 18.5. The molecule has 0 atom stereocenters. The summed E-state index contributed by atoms with van der Waals surface area (Å²) in [6, 6.07) is 12.5. The molecule has 26 heavy (non-hydrogen) atoms. The first-order chi connectivity index (χ1) is 12.6. The van der Waals surface area contributed by atoms with Gasteiger partial charge in [-0.25, -0.2) is 4.79 Å². The minimum atomic E-state index is -0.519. The van der Waals surface area contributed by atoms with Crippen molar-refractivity contribution in [3.05, 3.63) is 59.5 Å². The van der Waals surface area contributed by atoms with E-state index in [9.17, 15) is 4.79 Å². The van der Waals surface area contributed by atoms with E-state index in [-0.39, 0.29) is 12.5 Å². The fourth-order valence-electron chi connectivity index (χ4n) is 2.36. The summed E-state index contributed by atoms with van der Waals surface area (Å²) in [5.74, 6) is 1.28. The lowest BCUT2D eigenvalue weighted by molar-refractivity contribution is 0.0426. The van der Waals surface area contributed by atoms with Crippen molar-refractivity contribution in [1.29, 1.82) is 0 Å². The summed E-state index contributed by atoms with van der Waals surface area (Å²) in [4.78, 5) is 16.5. The Labute approximate surface area is 150 Å². The highest BCUT2D eigenvalue weighted by Gasteiger charge is 2.16. The second kappa shape index (κ2) is 7.69. The summed E-state index contributed by atoms with van der Waals surface area (Å²) in [6.07, 6.45) is 0. The van der Waals surface area contributed by atoms with Crippen molar-refractivity contribution in [3.8, 4) is 22.9 Å². The Kier molecular flexibility index (Phi) is 5.17. The third-order valence-corrected chi connectivity index (χ3v) is 3.72. The number of hydrogen-bond donors (Lipinski definition) is 0. The Morgan fingerprint density at radius 3 is 2.54 bits per heavy atom. The van der Waals surface area contributed by atoms with Crippen LogP contribution in [0.15, 0.2) is 47.0 Å². The van der Waals surface area contributed by atoms with Crippen LogP contribution >= 0.6 is 0 Å². The monoisotopic (exact) mass is 354 g/mol. The van der Waals surface area contributed by atoms with Gasteiger partial charge in [0.2, 0.25) is 5.82 Å². The summed E-state index contributed by atoms with van der Waals surface area (Å²) in [7, 11) is 3.10. The molecule has 7 nitrogen and oxygen atoms in total. The van der Waals surface area contributed by atoms with Crippen molar-refractivity contribution in [2.75, 3.05) is 14.2 Å². The fourth-order valence-corrected chi connectivity index (χ4v) is 2.36. The van der Waals surface area contributed by atoms with E-state index in [4.69, 9.17) is 18.7 Å². The van der Waals surface area contributed by atoms with Crippen LogP contribution in [-0.2, 0) is 11.3 Å². The van der Waals surface area contributed by atoms with Gasteiger partial charge in [0.25, 0.3) is 5.89 Å². The lowest BCUT2D eigenvalue weighted by Gasteiger charge is -2.08. The Bertz CT molecular complexity index is 903. The Hall–Kier alpha value is -3.35. The molecule has 0 spiro atoms. The lowest BCUT2D eigenvalue weighted by atomic mass is 10.1. The maximum atomic E-state index is 12.3. The molecule has 2 aromatic carbocycles. The largest absolute Gasteiger partial charge is 0.497 e. The number of benzene rings is 2. The molecule has 0 saturated carbocycles. The molecule has 0 radical (unpaired) electrons. The van der Waals surface area contributed by atoms with Crippen LogP contribution in [0.5, 0.6) is 11.5 Å². The molecular weight excluding hydrogens is 336 g/mol. The predicted octanol–water partition coefficient (Wildman–Crippen LogP) is 3.42. The Morgan fingerprint density at radius 2 is 1.85 bits per heavy atom. The summed E-state index contributed by atoms with van der Waals surface area (Å²) < 4.78 is 20.7. The number of methoxy groups -OCH3 is 2. The van der Waals surface area contributed by atoms with Crippen molar-refractivity contribution in [2.24, 2.45) is 0 Å². The van der Waals surface area contributed by atoms with Crippen LogP contribution in [0.4, 0.5) is 0 Å². The highest BCUT2D eigenvalue weighted by molar-refractivity contribution is 5.92. The zero-order valence-electron chi connectivity index (χ0n) is 14.7. The normalized spacial score (nSPS) is 10.4. The number of aromatic nitrogens is 2. The fraction of sp³-hybridized carbons (Fsp3) is 0.211. The van der Waals surface area contributed by atoms with E-state index in [1.165, 1.54) is 7.11 Å². The van der Waals surface area contributed by atoms with Gasteiger partial charge in [0.15, 0.2) is 6.61 Å². The minimum Gasteiger partial charge on any atom is -0.497 e. The minimum absolute atomic E-state index is 0.126. The molecule has 0 amide bonds. The molecular formula is C19H18N2O5. The predicted molar refractivity (Wildman–Crippen MR) is 93.1 cm³/mol. The first-order valence-corrected chi connectivity index (χ1v) is 7.89. The van der Waals surface area contributed by atoms with Crippen molar-refractivity contribution in [1.82, 2.24) is 10.1 Å². The molecule has 0 N–H and O–H groups in total. The van der Waals surface area contributed by atoms with Crippen LogP contribution < -0.4 is 9.47 Å². The van der Waals surface area contributed by atoms with Crippen LogP contribution in [0.25, 0.3) is 11.4 Å². The number of rotatable bonds is 6. The molecule has 134 valence electrons. The number of carbonyl (C=O) groups excluding carboxylic acids is 1. The average molecular weight is 354 g/mol. The number of nitrogens with zero attached hydrogens (tertiary/aromatic N) is 2. The van der Waals surface area contributed by atoms with Crippen LogP contribution in [0, 0.1) is 6.92 Å². The van der Waals surface area contributed by atoms with Crippen LogP contribution in [0.1, 0.15) is 21.8 Å². The van der Waals surface area contributed by atoms with Crippen LogP contribution in [0.3, 0.4) is 0 Å². The van der Waals surface area contributed by atoms with E-state index < -0.39 is 5.97 Å². The van der Waals surface area contributed by atoms with E-state index in [0.29, 0.717) is 17.1 Å². The highest BCUT2D eigenvalue weighted by Crippen LogP contribution is 2.22. The number of esters is 1. The van der Waals surface area contributed by atoms with E-state index in [2.05, 4.69) is 10.1 Å². The first-order valence-electron chi connectivity index (χ1n) is 7.89. The topological polar surface area (TPSA) is 83.7 Å². The quantitative estimate of drug-likeness (QED) is 0.627. The van der Waals surface area contributed by atoms with Gasteiger partial charge in [-0.05, 0) is 43.3 Å². The third-order valence-electron chi connectivity index (χ3n) is 3.72. The molecule has 3 aromatic rings. The van der Waals surface area contributed by atoms with Gasteiger partial charge in [0.05, 0.1) is 14.2 Å². The summed E-state index contributed by atoms with van der Waals surface area (Å²) in [5, 5.41) is 3.90. The number of carbonyl (C=O) groups is 1. The van der Waals surface area contributed by atoms with E-state index >= 15 is 0 Å². The average Bonchev–Trinajstić information content (AvgIpc) is 3.15. The van der Waals surface area contributed by atoms with Gasteiger partial charge >= 0.3 is 5.97 Å². The summed E-state index contributed by atoms with van der Waals surface area (Å²) in [5.41, 5.74) is 2.05. The Morgan fingerprint density at radius 1 is 1.08 bits per heavy atom. The molecule has 0 unspecified atom stereocenters. The molecule has 0 fully saturated rings. The smallest absolute Gasteiger partial charge is 0.342 e. The zero-order valence-corrected chi connectivity index (χ0v) is 14.7. The van der Waals surface area contributed by atoms with Gasteiger partial charge in [0, 0.05) is 5.56 Å². The van der Waals surface area contributed by atoms with Gasteiger partial charge in [-0.2, -0.15) is 4.98 Å². The molecule has 3 rings (SSSR count). The molecule has 0 aliphatic carbocycles. The summed E-state index contributed by atoms with van der Waals surface area (Å²) in [6.45, 7) is 1.76. The van der Waals surface area contributed by atoms with Gasteiger partial charge in [-0.1, -0.05) is 16.8 Å². The van der Waals surface area contributed by atoms with Gasteiger partial charge in [-0.15, -0.1) is 0 Å². The van der Waals surface area contributed by atoms with Crippen molar-refractivity contribution in [3.63, 3.8) is 0 Å². The number of hydrogen-bond acceptors (Lipinski definition) is 7. The molecule has 1 heterocycles.